The van der Waals surface area contributed by atoms with E-state index < -0.39 is 4.92 Å². The Morgan fingerprint density at radius 3 is 2.58 bits per heavy atom. The van der Waals surface area contributed by atoms with Crippen molar-refractivity contribution in [3.05, 3.63) is 75.6 Å². The van der Waals surface area contributed by atoms with Gasteiger partial charge in [0.2, 0.25) is 11.8 Å². The molecule has 3 aromatic rings. The predicted molar refractivity (Wildman–Crippen MR) is 125 cm³/mol. The summed E-state index contributed by atoms with van der Waals surface area (Å²) in [5, 5.41) is 25.4. The van der Waals surface area contributed by atoms with E-state index in [-0.39, 0.29) is 36.2 Å². The summed E-state index contributed by atoms with van der Waals surface area (Å²) < 4.78 is 1.83. The maximum absolute atomic E-state index is 12.3. The van der Waals surface area contributed by atoms with Crippen LogP contribution in [-0.2, 0) is 29.1 Å². The number of thioether (sulfide) groups is 1. The second-order valence-corrected chi connectivity index (χ2v) is 8.12. The Labute approximate surface area is 194 Å². The minimum Gasteiger partial charge on any atom is -0.349 e. The molecule has 0 fully saturated rings. The minimum atomic E-state index is -0.483. The number of carbonyl (C=O) groups excluding carboxylic acids is 2. The zero-order valence-electron chi connectivity index (χ0n) is 18.3. The van der Waals surface area contributed by atoms with Gasteiger partial charge >= 0.3 is 0 Å². The monoisotopic (exact) mass is 468 g/mol. The first kappa shape index (κ1) is 23.9. The number of nitrogens with zero attached hydrogens (tertiary/aromatic N) is 4. The number of hydrogen-bond donors (Lipinski definition) is 2. The van der Waals surface area contributed by atoms with E-state index in [9.17, 15) is 19.7 Å². The van der Waals surface area contributed by atoms with Gasteiger partial charge in [-0.15, -0.1) is 10.2 Å². The van der Waals surface area contributed by atoms with E-state index in [4.69, 9.17) is 0 Å². The molecular formula is C22H24N6O4S. The highest BCUT2D eigenvalue weighted by Crippen LogP contribution is 2.23. The number of rotatable bonds is 10. The highest BCUT2D eigenvalue weighted by atomic mass is 32.2. The molecule has 0 aliphatic heterocycles. The van der Waals surface area contributed by atoms with Crippen LogP contribution in [0.5, 0.6) is 0 Å². The van der Waals surface area contributed by atoms with Crippen molar-refractivity contribution in [2.45, 2.75) is 38.5 Å². The minimum absolute atomic E-state index is 0.0508. The van der Waals surface area contributed by atoms with Crippen LogP contribution in [0.25, 0.3) is 0 Å². The first-order chi connectivity index (χ1) is 15.9. The second kappa shape index (κ2) is 11.2. The van der Waals surface area contributed by atoms with Gasteiger partial charge < -0.3 is 15.2 Å². The maximum atomic E-state index is 12.3. The van der Waals surface area contributed by atoms with Crippen LogP contribution in [0.2, 0.25) is 0 Å². The molecule has 3 rings (SSSR count). The maximum Gasteiger partial charge on any atom is 0.274 e. The molecule has 2 amide bonds. The number of aromatic nitrogens is 3. The van der Waals surface area contributed by atoms with Crippen molar-refractivity contribution in [2.24, 2.45) is 0 Å². The predicted octanol–water partition coefficient (Wildman–Crippen LogP) is 3.10. The summed E-state index contributed by atoms with van der Waals surface area (Å²) in [6.07, 6.45) is 0.278. The lowest BCUT2D eigenvalue weighted by Crippen LogP contribution is -2.26. The Morgan fingerprint density at radius 2 is 1.88 bits per heavy atom. The van der Waals surface area contributed by atoms with E-state index in [0.29, 0.717) is 28.8 Å². The van der Waals surface area contributed by atoms with Gasteiger partial charge in [0.15, 0.2) is 11.0 Å². The molecule has 0 bridgehead atoms. The van der Waals surface area contributed by atoms with Crippen molar-refractivity contribution in [2.75, 3.05) is 11.1 Å². The molecule has 1 heterocycles. The van der Waals surface area contributed by atoms with Gasteiger partial charge in [-0.3, -0.25) is 19.7 Å². The zero-order valence-corrected chi connectivity index (χ0v) is 19.1. The van der Waals surface area contributed by atoms with Crippen molar-refractivity contribution in [1.29, 1.82) is 0 Å². The van der Waals surface area contributed by atoms with Crippen molar-refractivity contribution in [3.63, 3.8) is 0 Å². The molecule has 11 heteroatoms. The number of benzene rings is 2. The van der Waals surface area contributed by atoms with Crippen molar-refractivity contribution >= 4 is 35.0 Å². The molecule has 0 atom stereocenters. The fraction of sp³-hybridized carbons (Fsp3) is 0.273. The number of nitro groups is 1. The van der Waals surface area contributed by atoms with E-state index in [1.165, 1.54) is 17.8 Å². The van der Waals surface area contributed by atoms with Crippen LogP contribution < -0.4 is 10.6 Å². The van der Waals surface area contributed by atoms with Crippen LogP contribution >= 0.6 is 11.8 Å². The lowest BCUT2D eigenvalue weighted by atomic mass is 10.1. The zero-order chi connectivity index (χ0) is 23.8. The molecule has 172 valence electrons. The lowest BCUT2D eigenvalue weighted by Gasteiger charge is -2.09. The summed E-state index contributed by atoms with van der Waals surface area (Å²) in [6.45, 7) is 4.37. The highest BCUT2D eigenvalue weighted by molar-refractivity contribution is 7.99. The van der Waals surface area contributed by atoms with E-state index >= 15 is 0 Å². The van der Waals surface area contributed by atoms with E-state index in [0.717, 1.165) is 5.56 Å². The molecule has 1 aromatic heterocycles. The van der Waals surface area contributed by atoms with Gasteiger partial charge in [-0.1, -0.05) is 48.2 Å². The molecule has 0 saturated carbocycles. The molecule has 0 radical (unpaired) electrons. The van der Waals surface area contributed by atoms with Crippen molar-refractivity contribution in [3.8, 4) is 0 Å². The molecule has 10 nitrogen and oxygen atoms in total. The first-order valence-electron chi connectivity index (χ1n) is 10.3. The second-order valence-electron chi connectivity index (χ2n) is 7.18. The summed E-state index contributed by atoms with van der Waals surface area (Å²) in [7, 11) is 0. The van der Waals surface area contributed by atoms with Gasteiger partial charge in [0, 0.05) is 23.9 Å². The molecular weight excluding hydrogens is 444 g/mol. The van der Waals surface area contributed by atoms with E-state index in [2.05, 4.69) is 20.8 Å². The Bertz CT molecular complexity index is 1150. The largest absolute Gasteiger partial charge is 0.349 e. The van der Waals surface area contributed by atoms with Crippen LogP contribution in [0, 0.1) is 17.0 Å². The summed E-state index contributed by atoms with van der Waals surface area (Å²) >= 11 is 1.20. The fourth-order valence-corrected chi connectivity index (χ4v) is 3.93. The van der Waals surface area contributed by atoms with E-state index in [1.807, 2.05) is 41.8 Å². The molecule has 0 aliphatic carbocycles. The molecule has 33 heavy (non-hydrogen) atoms. The topological polar surface area (TPSA) is 132 Å². The van der Waals surface area contributed by atoms with Gasteiger partial charge in [0.05, 0.1) is 23.6 Å². The third-order valence-corrected chi connectivity index (χ3v) is 5.75. The van der Waals surface area contributed by atoms with Crippen molar-refractivity contribution in [1.82, 2.24) is 20.1 Å². The molecule has 0 spiro atoms. The van der Waals surface area contributed by atoms with Crippen LogP contribution in [0.3, 0.4) is 0 Å². The summed E-state index contributed by atoms with van der Waals surface area (Å²) in [5.74, 6) is 0.213. The average Bonchev–Trinajstić information content (AvgIpc) is 3.20. The lowest BCUT2D eigenvalue weighted by molar-refractivity contribution is -0.385. The van der Waals surface area contributed by atoms with Crippen LogP contribution in [-0.4, -0.2) is 37.3 Å². The summed E-state index contributed by atoms with van der Waals surface area (Å²) in [4.78, 5) is 35.1. The molecule has 0 aliphatic rings. The Kier molecular flexibility index (Phi) is 8.14. The normalized spacial score (nSPS) is 10.6. The van der Waals surface area contributed by atoms with E-state index in [1.54, 1.807) is 19.1 Å². The number of carbonyl (C=O) groups is 2. The highest BCUT2D eigenvalue weighted by Gasteiger charge is 2.16. The van der Waals surface area contributed by atoms with Crippen LogP contribution in [0.4, 0.5) is 11.4 Å². The molecule has 0 unspecified atom stereocenters. The third kappa shape index (κ3) is 6.62. The van der Waals surface area contributed by atoms with Crippen LogP contribution in [0.1, 0.15) is 23.9 Å². The standard InChI is InChI=1S/C22H24N6O4S/c1-3-27-19(13-23-20(29)11-16-7-5-4-6-8-16)25-26-22(27)33-14-21(30)24-17-10-9-15(2)18(12-17)28(31)32/h4-10,12H,3,11,13-14H2,1-2H3,(H,23,29)(H,24,30). The Balaban J connectivity index is 1.54. The fourth-order valence-electron chi connectivity index (χ4n) is 3.11. The average molecular weight is 469 g/mol. The Hall–Kier alpha value is -3.73. The quantitative estimate of drug-likeness (QED) is 0.265. The van der Waals surface area contributed by atoms with Gasteiger partial charge in [-0.25, -0.2) is 0 Å². The summed E-state index contributed by atoms with van der Waals surface area (Å²) in [6, 6.07) is 14.0. The third-order valence-electron chi connectivity index (χ3n) is 4.78. The van der Waals surface area contributed by atoms with Gasteiger partial charge in [-0.2, -0.15) is 0 Å². The number of hydrogen-bond acceptors (Lipinski definition) is 7. The Morgan fingerprint density at radius 1 is 1.12 bits per heavy atom. The van der Waals surface area contributed by atoms with Crippen LogP contribution in [0.15, 0.2) is 53.7 Å². The molecule has 0 saturated heterocycles. The number of amides is 2. The summed E-state index contributed by atoms with van der Waals surface area (Å²) in [5.41, 5.74) is 1.75. The number of nitro benzene ring substituents is 1. The number of nitrogens with one attached hydrogen (secondary N) is 2. The first-order valence-corrected chi connectivity index (χ1v) is 11.3. The molecule has 2 aromatic carbocycles. The molecule has 2 N–H and O–H groups in total. The van der Waals surface area contributed by atoms with Gasteiger partial charge in [0.1, 0.15) is 0 Å². The van der Waals surface area contributed by atoms with Gasteiger partial charge in [0.25, 0.3) is 5.69 Å². The SMILES string of the molecule is CCn1c(CNC(=O)Cc2ccccc2)nnc1SCC(=O)Nc1ccc(C)c([N+](=O)[O-])c1. The number of aryl methyl sites for hydroxylation is 1. The number of anilines is 1. The van der Waals surface area contributed by atoms with Gasteiger partial charge in [-0.05, 0) is 25.5 Å². The van der Waals surface area contributed by atoms with Crippen molar-refractivity contribution < 1.29 is 14.5 Å². The smallest absolute Gasteiger partial charge is 0.274 e.